The van der Waals surface area contributed by atoms with Crippen LogP contribution >= 0.6 is 7.60 Å². The van der Waals surface area contributed by atoms with Crippen molar-refractivity contribution in [2.24, 2.45) is 5.41 Å². The summed E-state index contributed by atoms with van der Waals surface area (Å²) >= 11 is 0. The van der Waals surface area contributed by atoms with Crippen molar-refractivity contribution < 1.29 is 24.3 Å². The van der Waals surface area contributed by atoms with E-state index in [4.69, 9.17) is 0 Å². The number of aliphatic carboxylic acids is 1. The molecule has 0 fully saturated rings. The molecule has 0 amide bonds. The zero-order chi connectivity index (χ0) is 13.9. The molecule has 0 aliphatic rings. The van der Waals surface area contributed by atoms with Gasteiger partial charge in [-0.25, -0.2) is 0 Å². The average molecular weight is 266 g/mol. The number of rotatable bonds is 7. The van der Waals surface area contributed by atoms with Crippen molar-refractivity contribution in [2.45, 2.75) is 58.5 Å². The van der Waals surface area contributed by atoms with Crippen LogP contribution in [-0.2, 0) is 9.36 Å². The van der Waals surface area contributed by atoms with E-state index < -0.39 is 24.1 Å². The van der Waals surface area contributed by atoms with Gasteiger partial charge in [-0.05, 0) is 31.6 Å². The van der Waals surface area contributed by atoms with E-state index in [9.17, 15) is 24.3 Å². The zero-order valence-corrected chi connectivity index (χ0v) is 11.8. The van der Waals surface area contributed by atoms with Gasteiger partial charge in [0.25, 0.3) is 0 Å². The highest BCUT2D eigenvalue weighted by Gasteiger charge is 2.61. The maximum Gasteiger partial charge on any atom is 0.343 e. The minimum absolute atomic E-state index is 0.436. The van der Waals surface area contributed by atoms with Gasteiger partial charge in [0.15, 0.2) is 5.16 Å². The second kappa shape index (κ2) is 5.51. The molecule has 0 bridgehead atoms. The van der Waals surface area contributed by atoms with Crippen molar-refractivity contribution in [3.63, 3.8) is 0 Å². The van der Waals surface area contributed by atoms with Gasteiger partial charge in [-0.1, -0.05) is 27.2 Å². The molecule has 0 spiro atoms. The Morgan fingerprint density at radius 3 is 1.76 bits per heavy atom. The Labute approximate surface area is 102 Å². The van der Waals surface area contributed by atoms with E-state index in [-0.39, 0.29) is 0 Å². The van der Waals surface area contributed by atoms with Gasteiger partial charge in [0.05, 0.1) is 0 Å². The minimum atomic E-state index is -4.73. The van der Waals surface area contributed by atoms with Crippen molar-refractivity contribution in [3.8, 4) is 0 Å². The Kier molecular flexibility index (Phi) is 5.38. The van der Waals surface area contributed by atoms with Crippen LogP contribution in [-0.4, -0.2) is 26.0 Å². The van der Waals surface area contributed by atoms with E-state index in [1.54, 1.807) is 13.8 Å². The molecule has 0 saturated heterocycles. The summed E-state index contributed by atoms with van der Waals surface area (Å²) in [6.45, 7) is 6.65. The molecule has 0 heterocycles. The molecule has 1 atom stereocenters. The van der Waals surface area contributed by atoms with E-state index in [1.807, 2.05) is 6.92 Å². The lowest BCUT2D eigenvalue weighted by atomic mass is 9.68. The molecule has 0 aromatic heterocycles. The first-order chi connectivity index (χ1) is 7.63. The van der Waals surface area contributed by atoms with Gasteiger partial charge >= 0.3 is 13.6 Å². The normalized spacial score (nSPS) is 16.6. The highest BCUT2D eigenvalue weighted by Crippen LogP contribution is 2.63. The zero-order valence-electron chi connectivity index (χ0n) is 10.9. The summed E-state index contributed by atoms with van der Waals surface area (Å²) in [7, 11) is -4.73. The highest BCUT2D eigenvalue weighted by atomic mass is 31.2. The van der Waals surface area contributed by atoms with Crippen LogP contribution in [0.15, 0.2) is 0 Å². The molecule has 6 heteroatoms. The van der Waals surface area contributed by atoms with Gasteiger partial charge in [-0.15, -0.1) is 0 Å². The number of carboxylic acids is 1. The van der Waals surface area contributed by atoms with Crippen LogP contribution in [0, 0.1) is 5.41 Å². The fourth-order valence-electron chi connectivity index (χ4n) is 2.67. The van der Waals surface area contributed by atoms with Crippen LogP contribution in [0.1, 0.15) is 53.4 Å². The second-order valence-electron chi connectivity index (χ2n) is 4.66. The van der Waals surface area contributed by atoms with Crippen molar-refractivity contribution in [2.75, 3.05) is 0 Å². The van der Waals surface area contributed by atoms with Crippen molar-refractivity contribution in [1.82, 2.24) is 0 Å². The molecular formula is C11H23O5P. The molecule has 0 aliphatic carbocycles. The van der Waals surface area contributed by atoms with Crippen LogP contribution in [0.25, 0.3) is 0 Å². The third-order valence-electron chi connectivity index (χ3n) is 4.11. The van der Waals surface area contributed by atoms with E-state index >= 15 is 0 Å². The van der Waals surface area contributed by atoms with Gasteiger partial charge in [-0.2, -0.15) is 0 Å². The quantitative estimate of drug-likeness (QED) is 0.616. The average Bonchev–Trinajstić information content (AvgIpc) is 2.23. The molecule has 0 aromatic carbocycles. The Morgan fingerprint density at radius 1 is 1.18 bits per heavy atom. The predicted molar refractivity (Wildman–Crippen MR) is 66.0 cm³/mol. The minimum Gasteiger partial charge on any atom is -0.480 e. The standard InChI is InChI=1S/C11H23O5P/c1-5-8-11(6-2,7-3)10(4,9(12)13)17(14,15)16/h5-8H2,1-4H3,(H,12,13)(H2,14,15,16). The molecule has 102 valence electrons. The van der Waals surface area contributed by atoms with Crippen molar-refractivity contribution in [1.29, 1.82) is 0 Å². The molecule has 0 aliphatic heterocycles. The summed E-state index contributed by atoms with van der Waals surface area (Å²) in [5.74, 6) is -1.41. The first kappa shape index (κ1) is 16.6. The molecule has 0 saturated carbocycles. The van der Waals surface area contributed by atoms with E-state index in [1.165, 1.54) is 6.92 Å². The maximum absolute atomic E-state index is 11.6. The third kappa shape index (κ3) is 2.56. The summed E-state index contributed by atoms with van der Waals surface area (Å²) in [4.78, 5) is 30.3. The lowest BCUT2D eigenvalue weighted by molar-refractivity contribution is -0.145. The van der Waals surface area contributed by atoms with E-state index in [0.29, 0.717) is 25.7 Å². The molecule has 0 aromatic rings. The second-order valence-corrected chi connectivity index (χ2v) is 6.64. The Balaban J connectivity index is 5.88. The maximum atomic E-state index is 11.6. The van der Waals surface area contributed by atoms with Crippen LogP contribution < -0.4 is 0 Å². The van der Waals surface area contributed by atoms with Gasteiger partial charge in [0.2, 0.25) is 0 Å². The van der Waals surface area contributed by atoms with Gasteiger partial charge in [-0.3, -0.25) is 9.36 Å². The molecule has 17 heavy (non-hydrogen) atoms. The monoisotopic (exact) mass is 266 g/mol. The van der Waals surface area contributed by atoms with Crippen LogP contribution in [0.4, 0.5) is 0 Å². The molecule has 0 radical (unpaired) electrons. The number of carbonyl (C=O) groups is 1. The summed E-state index contributed by atoms with van der Waals surface area (Å²) < 4.78 is 11.6. The Bertz CT molecular complexity index is 318. The molecule has 1 unspecified atom stereocenters. The number of hydrogen-bond acceptors (Lipinski definition) is 2. The van der Waals surface area contributed by atoms with Crippen molar-refractivity contribution >= 4 is 13.6 Å². The molecule has 0 rings (SSSR count). The van der Waals surface area contributed by atoms with Crippen LogP contribution in [0.3, 0.4) is 0 Å². The lowest BCUT2D eigenvalue weighted by Gasteiger charge is -2.45. The Morgan fingerprint density at radius 2 is 1.59 bits per heavy atom. The predicted octanol–water partition coefficient (Wildman–Crippen LogP) is 2.61. The highest BCUT2D eigenvalue weighted by molar-refractivity contribution is 7.54. The lowest BCUT2D eigenvalue weighted by Crippen LogP contribution is -2.51. The van der Waals surface area contributed by atoms with Gasteiger partial charge < -0.3 is 14.9 Å². The molecular weight excluding hydrogens is 243 g/mol. The first-order valence-electron chi connectivity index (χ1n) is 5.92. The summed E-state index contributed by atoms with van der Waals surface area (Å²) in [5, 5.41) is 7.29. The van der Waals surface area contributed by atoms with Gasteiger partial charge in [0, 0.05) is 0 Å². The van der Waals surface area contributed by atoms with Gasteiger partial charge in [0.1, 0.15) is 0 Å². The van der Waals surface area contributed by atoms with E-state index in [2.05, 4.69) is 0 Å². The largest absolute Gasteiger partial charge is 0.480 e. The van der Waals surface area contributed by atoms with Crippen LogP contribution in [0.5, 0.6) is 0 Å². The smallest absolute Gasteiger partial charge is 0.343 e. The van der Waals surface area contributed by atoms with E-state index in [0.717, 1.165) is 0 Å². The summed E-state index contributed by atoms with van der Waals surface area (Å²) in [5.41, 5.74) is -0.868. The third-order valence-corrected chi connectivity index (χ3v) is 5.94. The molecule has 3 N–H and O–H groups in total. The SMILES string of the molecule is CCCC(CC)(CC)C(C)(C(=O)O)P(=O)(O)O. The molecule has 5 nitrogen and oxygen atoms in total. The topological polar surface area (TPSA) is 94.8 Å². The van der Waals surface area contributed by atoms with Crippen LogP contribution in [0.2, 0.25) is 0 Å². The summed E-state index contributed by atoms with van der Waals surface area (Å²) in [6.07, 6.45) is 2.06. The number of hydrogen-bond donors (Lipinski definition) is 3. The van der Waals surface area contributed by atoms with Crippen molar-refractivity contribution in [3.05, 3.63) is 0 Å². The number of carboxylic acid groups (broad SMARTS) is 1. The summed E-state index contributed by atoms with van der Waals surface area (Å²) in [6, 6.07) is 0. The fraction of sp³-hybridized carbons (Fsp3) is 0.909. The first-order valence-corrected chi connectivity index (χ1v) is 7.53. The Hall–Kier alpha value is -0.380. The fourth-order valence-corrected chi connectivity index (χ4v) is 3.97.